The van der Waals surface area contributed by atoms with E-state index in [1.165, 1.54) is 12.1 Å². The van der Waals surface area contributed by atoms with Crippen LogP contribution in [-0.2, 0) is 16.3 Å². The Morgan fingerprint density at radius 1 is 1.47 bits per heavy atom. The summed E-state index contributed by atoms with van der Waals surface area (Å²) in [5, 5.41) is 9.77. The average molecular weight is 307 g/mol. The molecular weight excluding hydrogens is 291 g/mol. The van der Waals surface area contributed by atoms with Crippen LogP contribution in [0, 0.1) is 17.7 Å². The first-order valence-corrected chi connectivity index (χ1v) is 8.36. The zero-order valence-corrected chi connectivity index (χ0v) is 11.9. The highest BCUT2D eigenvalue weighted by atomic mass is 35.5. The lowest BCUT2D eigenvalue weighted by Gasteiger charge is -2.20. The van der Waals surface area contributed by atoms with E-state index in [9.17, 15) is 17.9 Å². The van der Waals surface area contributed by atoms with E-state index < -0.39 is 15.7 Å². The molecule has 2 rings (SSSR count). The van der Waals surface area contributed by atoms with Crippen LogP contribution in [-0.4, -0.2) is 31.6 Å². The fourth-order valence-electron chi connectivity index (χ4n) is 2.55. The predicted molar refractivity (Wildman–Crippen MR) is 72.5 cm³/mol. The Labute approximate surface area is 117 Å². The Kier molecular flexibility index (Phi) is 4.48. The Balaban J connectivity index is 2.11. The average Bonchev–Trinajstić information content (AvgIpc) is 2.69. The van der Waals surface area contributed by atoms with Crippen LogP contribution in [0.2, 0.25) is 5.02 Å². The molecule has 1 N–H and O–H groups in total. The lowest BCUT2D eigenvalue weighted by molar-refractivity contribution is 0.184. The number of halogens is 2. The van der Waals surface area contributed by atoms with Crippen molar-refractivity contribution in [2.24, 2.45) is 11.8 Å². The molecule has 0 aromatic heterocycles. The van der Waals surface area contributed by atoms with Crippen LogP contribution in [0.4, 0.5) is 4.39 Å². The number of aliphatic hydroxyl groups is 1. The Bertz CT molecular complexity index is 559. The normalized spacial score (nSPS) is 23.4. The van der Waals surface area contributed by atoms with Gasteiger partial charge in [-0.15, -0.1) is 0 Å². The van der Waals surface area contributed by atoms with Crippen molar-refractivity contribution in [3.63, 3.8) is 0 Å². The van der Waals surface area contributed by atoms with Gasteiger partial charge in [0.2, 0.25) is 0 Å². The molecule has 2 unspecified atom stereocenters. The SMILES string of the molecule is O=S1(=O)CCC(C(CO)Cc2ccc(F)cc2Cl)C1. The van der Waals surface area contributed by atoms with Crippen LogP contribution in [0.3, 0.4) is 0 Å². The molecule has 0 bridgehead atoms. The third kappa shape index (κ3) is 3.68. The van der Waals surface area contributed by atoms with Gasteiger partial charge in [-0.3, -0.25) is 0 Å². The van der Waals surface area contributed by atoms with E-state index in [4.69, 9.17) is 11.6 Å². The Morgan fingerprint density at radius 2 is 2.21 bits per heavy atom. The second-order valence-electron chi connectivity index (χ2n) is 5.05. The van der Waals surface area contributed by atoms with E-state index in [-0.39, 0.29) is 29.9 Å². The maximum absolute atomic E-state index is 13.0. The lowest BCUT2D eigenvalue weighted by Crippen LogP contribution is -2.22. The molecule has 6 heteroatoms. The topological polar surface area (TPSA) is 54.4 Å². The van der Waals surface area contributed by atoms with Gasteiger partial charge in [0.1, 0.15) is 5.82 Å². The summed E-state index contributed by atoms with van der Waals surface area (Å²) < 4.78 is 35.9. The molecule has 1 aliphatic rings. The van der Waals surface area contributed by atoms with E-state index in [1.54, 1.807) is 6.07 Å². The summed E-state index contributed by atoms with van der Waals surface area (Å²) in [6, 6.07) is 4.14. The number of hydrogen-bond donors (Lipinski definition) is 1. The van der Waals surface area contributed by atoms with Crippen LogP contribution >= 0.6 is 11.6 Å². The summed E-state index contributed by atoms with van der Waals surface area (Å²) in [6.07, 6.45) is 1.04. The minimum Gasteiger partial charge on any atom is -0.396 e. The van der Waals surface area contributed by atoms with E-state index in [1.807, 2.05) is 0 Å². The smallest absolute Gasteiger partial charge is 0.150 e. The summed E-state index contributed by atoms with van der Waals surface area (Å²) >= 11 is 5.95. The third-order valence-corrected chi connectivity index (χ3v) is 5.81. The summed E-state index contributed by atoms with van der Waals surface area (Å²) in [7, 11) is -2.96. The standard InChI is InChI=1S/C13H16ClFO3S/c14-13-6-12(15)2-1-9(13)5-11(7-16)10-3-4-19(17,18)8-10/h1-2,6,10-11,16H,3-5,7-8H2. The largest absolute Gasteiger partial charge is 0.396 e. The van der Waals surface area contributed by atoms with E-state index in [0.717, 1.165) is 5.56 Å². The molecule has 19 heavy (non-hydrogen) atoms. The first kappa shape index (κ1) is 14.8. The highest BCUT2D eigenvalue weighted by molar-refractivity contribution is 7.91. The summed E-state index contributed by atoms with van der Waals surface area (Å²) in [5.74, 6) is -0.295. The fourth-order valence-corrected chi connectivity index (χ4v) is 4.71. The highest BCUT2D eigenvalue weighted by Gasteiger charge is 2.33. The van der Waals surface area contributed by atoms with Crippen molar-refractivity contribution in [2.45, 2.75) is 12.8 Å². The van der Waals surface area contributed by atoms with Crippen molar-refractivity contribution < 1.29 is 17.9 Å². The van der Waals surface area contributed by atoms with Crippen LogP contribution < -0.4 is 0 Å². The first-order chi connectivity index (χ1) is 8.91. The van der Waals surface area contributed by atoms with Crippen molar-refractivity contribution in [2.75, 3.05) is 18.1 Å². The van der Waals surface area contributed by atoms with Gasteiger partial charge in [0.25, 0.3) is 0 Å². The van der Waals surface area contributed by atoms with Crippen LogP contribution in [0.5, 0.6) is 0 Å². The number of aliphatic hydroxyl groups excluding tert-OH is 1. The molecule has 1 aliphatic heterocycles. The number of benzene rings is 1. The lowest BCUT2D eigenvalue weighted by atomic mass is 9.87. The van der Waals surface area contributed by atoms with Gasteiger partial charge in [-0.2, -0.15) is 0 Å². The number of hydrogen-bond acceptors (Lipinski definition) is 3. The zero-order chi connectivity index (χ0) is 14.0. The molecular formula is C13H16ClFO3S. The maximum Gasteiger partial charge on any atom is 0.150 e. The predicted octanol–water partition coefficient (Wildman–Crippen LogP) is 2.06. The van der Waals surface area contributed by atoms with Gasteiger partial charge < -0.3 is 5.11 Å². The van der Waals surface area contributed by atoms with Gasteiger partial charge in [-0.25, -0.2) is 12.8 Å². The van der Waals surface area contributed by atoms with Crippen molar-refractivity contribution in [1.82, 2.24) is 0 Å². The number of sulfone groups is 1. The summed E-state index contributed by atoms with van der Waals surface area (Å²) in [5.41, 5.74) is 0.742. The maximum atomic E-state index is 13.0. The van der Waals surface area contributed by atoms with E-state index >= 15 is 0 Å². The third-order valence-electron chi connectivity index (χ3n) is 3.67. The van der Waals surface area contributed by atoms with Crippen LogP contribution in [0.25, 0.3) is 0 Å². The molecule has 0 aliphatic carbocycles. The quantitative estimate of drug-likeness (QED) is 0.926. The van der Waals surface area contributed by atoms with Crippen molar-refractivity contribution >= 4 is 21.4 Å². The van der Waals surface area contributed by atoms with Gasteiger partial charge in [0, 0.05) is 11.6 Å². The molecule has 1 aromatic carbocycles. The molecule has 3 nitrogen and oxygen atoms in total. The summed E-state index contributed by atoms with van der Waals surface area (Å²) in [6.45, 7) is -0.0894. The molecule has 106 valence electrons. The van der Waals surface area contributed by atoms with Crippen LogP contribution in [0.1, 0.15) is 12.0 Å². The van der Waals surface area contributed by atoms with Gasteiger partial charge >= 0.3 is 0 Å². The van der Waals surface area contributed by atoms with Crippen molar-refractivity contribution in [3.8, 4) is 0 Å². The summed E-state index contributed by atoms with van der Waals surface area (Å²) in [4.78, 5) is 0. The van der Waals surface area contributed by atoms with E-state index in [2.05, 4.69) is 0 Å². The minimum absolute atomic E-state index is 0.0453. The highest BCUT2D eigenvalue weighted by Crippen LogP contribution is 2.30. The molecule has 1 fully saturated rings. The van der Waals surface area contributed by atoms with Gasteiger partial charge in [0.05, 0.1) is 11.5 Å². The zero-order valence-electron chi connectivity index (χ0n) is 10.4. The van der Waals surface area contributed by atoms with E-state index in [0.29, 0.717) is 17.9 Å². The molecule has 2 atom stereocenters. The molecule has 1 heterocycles. The second kappa shape index (κ2) is 5.77. The molecule has 1 aromatic rings. The molecule has 0 spiro atoms. The Morgan fingerprint density at radius 3 is 2.74 bits per heavy atom. The van der Waals surface area contributed by atoms with Gasteiger partial charge in [-0.1, -0.05) is 17.7 Å². The van der Waals surface area contributed by atoms with Crippen molar-refractivity contribution in [3.05, 3.63) is 34.6 Å². The first-order valence-electron chi connectivity index (χ1n) is 6.16. The molecule has 0 saturated carbocycles. The van der Waals surface area contributed by atoms with Crippen molar-refractivity contribution in [1.29, 1.82) is 0 Å². The second-order valence-corrected chi connectivity index (χ2v) is 7.68. The fraction of sp³-hybridized carbons (Fsp3) is 0.538. The molecule has 0 amide bonds. The Hall–Kier alpha value is -0.650. The molecule has 0 radical (unpaired) electrons. The molecule has 1 saturated heterocycles. The minimum atomic E-state index is -2.96. The van der Waals surface area contributed by atoms with Gasteiger partial charge in [-0.05, 0) is 42.4 Å². The number of rotatable bonds is 4. The van der Waals surface area contributed by atoms with Crippen LogP contribution in [0.15, 0.2) is 18.2 Å². The monoisotopic (exact) mass is 306 g/mol. The van der Waals surface area contributed by atoms with Gasteiger partial charge in [0.15, 0.2) is 9.84 Å².